The van der Waals surface area contributed by atoms with Crippen LogP contribution in [0.2, 0.25) is 0 Å². The summed E-state index contributed by atoms with van der Waals surface area (Å²) in [4.78, 5) is 14.7. The van der Waals surface area contributed by atoms with E-state index in [1.54, 1.807) is 24.1 Å². The van der Waals surface area contributed by atoms with E-state index in [4.69, 9.17) is 0 Å². The average Bonchev–Trinajstić information content (AvgIpc) is 3.05. The summed E-state index contributed by atoms with van der Waals surface area (Å²) in [5, 5.41) is 6.30. The monoisotopic (exact) mass is 381 g/mol. The highest BCUT2D eigenvalue weighted by atomic mass is 19.1. The lowest BCUT2D eigenvalue weighted by molar-refractivity contribution is -0.111. The van der Waals surface area contributed by atoms with Crippen molar-refractivity contribution in [1.82, 2.24) is 4.90 Å². The van der Waals surface area contributed by atoms with Gasteiger partial charge in [-0.15, -0.1) is 0 Å². The van der Waals surface area contributed by atoms with Gasteiger partial charge in [0.2, 0.25) is 0 Å². The molecule has 1 aliphatic heterocycles. The zero-order valence-electron chi connectivity index (χ0n) is 17.1. The van der Waals surface area contributed by atoms with Crippen LogP contribution in [-0.4, -0.2) is 43.6 Å². The van der Waals surface area contributed by atoms with Gasteiger partial charge >= 0.3 is 0 Å². The van der Waals surface area contributed by atoms with Crippen molar-refractivity contribution in [1.29, 1.82) is 0 Å². The van der Waals surface area contributed by atoms with Crippen molar-refractivity contribution in [2.45, 2.75) is 32.1 Å². The van der Waals surface area contributed by atoms with E-state index >= 15 is 0 Å². The van der Waals surface area contributed by atoms with Crippen LogP contribution in [0.3, 0.4) is 0 Å². The molecule has 0 radical (unpaired) electrons. The van der Waals surface area contributed by atoms with Gasteiger partial charge in [0.15, 0.2) is 5.78 Å². The van der Waals surface area contributed by atoms with Gasteiger partial charge in [0.25, 0.3) is 0 Å². The number of rotatable bonds is 7. The van der Waals surface area contributed by atoms with Crippen LogP contribution in [0, 0.1) is 12.7 Å². The molecule has 148 valence electrons. The first-order valence-corrected chi connectivity index (χ1v) is 9.67. The molecule has 0 bridgehead atoms. The molecule has 1 heterocycles. The molecular formula is C23H28FN3O. The van der Waals surface area contributed by atoms with Crippen LogP contribution < -0.4 is 5.01 Å². The lowest BCUT2D eigenvalue weighted by Crippen LogP contribution is -2.42. The third-order valence-electron chi connectivity index (χ3n) is 5.34. The Labute approximate surface area is 166 Å². The van der Waals surface area contributed by atoms with Crippen molar-refractivity contribution in [2.75, 3.05) is 32.2 Å². The van der Waals surface area contributed by atoms with E-state index in [-0.39, 0.29) is 11.6 Å². The van der Waals surface area contributed by atoms with Crippen LogP contribution in [0.15, 0.2) is 53.6 Å². The quantitative estimate of drug-likeness (QED) is 0.722. The van der Waals surface area contributed by atoms with E-state index in [1.807, 2.05) is 51.4 Å². The van der Waals surface area contributed by atoms with Crippen molar-refractivity contribution in [3.63, 3.8) is 0 Å². The van der Waals surface area contributed by atoms with Crippen molar-refractivity contribution >= 4 is 17.2 Å². The molecule has 0 spiro atoms. The molecule has 5 heteroatoms. The minimum absolute atomic E-state index is 0.0655. The molecule has 3 rings (SSSR count). The van der Waals surface area contributed by atoms with Crippen LogP contribution in [0.5, 0.6) is 0 Å². The highest BCUT2D eigenvalue weighted by Crippen LogP contribution is 2.39. The first kappa shape index (κ1) is 20.2. The fourth-order valence-corrected chi connectivity index (χ4v) is 3.97. The molecule has 1 atom stereocenters. The van der Waals surface area contributed by atoms with E-state index in [1.165, 1.54) is 6.07 Å². The Bertz CT molecular complexity index is 879. The summed E-state index contributed by atoms with van der Waals surface area (Å²) in [6.45, 7) is 4.85. The zero-order chi connectivity index (χ0) is 20.3. The fraction of sp³-hybridized carbons (Fsp3) is 0.391. The highest BCUT2D eigenvalue weighted by molar-refractivity contribution is 6.43. The third kappa shape index (κ3) is 3.99. The number of aryl methyl sites for hydroxylation is 1. The molecule has 1 unspecified atom stereocenters. The molecule has 0 N–H and O–H groups in total. The SMILES string of the molecule is CC(=O)C1=NN(c2cc(C)ccc2F)CC1(CCCN(C)C)c1ccccc1. The first-order chi connectivity index (χ1) is 13.3. The lowest BCUT2D eigenvalue weighted by atomic mass is 9.72. The van der Waals surface area contributed by atoms with Crippen LogP contribution in [0.4, 0.5) is 10.1 Å². The smallest absolute Gasteiger partial charge is 0.176 e. The summed E-state index contributed by atoms with van der Waals surface area (Å²) >= 11 is 0. The minimum Gasteiger partial charge on any atom is -0.309 e. The average molecular weight is 381 g/mol. The number of ketones is 1. The molecule has 2 aromatic rings. The Morgan fingerprint density at radius 2 is 1.93 bits per heavy atom. The Hall–Kier alpha value is -2.53. The van der Waals surface area contributed by atoms with Crippen molar-refractivity contribution < 1.29 is 9.18 Å². The molecule has 4 nitrogen and oxygen atoms in total. The van der Waals surface area contributed by atoms with Gasteiger partial charge in [0.1, 0.15) is 11.5 Å². The molecule has 0 saturated heterocycles. The number of hydrazone groups is 1. The number of carbonyl (C=O) groups is 1. The van der Waals surface area contributed by atoms with Crippen LogP contribution in [0.25, 0.3) is 0 Å². The van der Waals surface area contributed by atoms with Crippen molar-refractivity contribution in [3.05, 3.63) is 65.5 Å². The van der Waals surface area contributed by atoms with Gasteiger partial charge < -0.3 is 4.90 Å². The normalized spacial score (nSPS) is 19.2. The van der Waals surface area contributed by atoms with E-state index in [0.29, 0.717) is 17.9 Å². The standard InChI is InChI=1S/C23H28FN3O/c1-17-11-12-20(24)21(15-17)27-16-23(13-8-14-26(3)4,22(25-27)18(2)28)19-9-6-5-7-10-19/h5-7,9-12,15H,8,13-14,16H2,1-4H3. The topological polar surface area (TPSA) is 35.9 Å². The van der Waals surface area contributed by atoms with Gasteiger partial charge in [-0.2, -0.15) is 5.10 Å². The number of anilines is 1. The molecule has 0 saturated carbocycles. The third-order valence-corrected chi connectivity index (χ3v) is 5.34. The molecule has 0 amide bonds. The van der Waals surface area contributed by atoms with E-state index in [9.17, 15) is 9.18 Å². The summed E-state index contributed by atoms with van der Waals surface area (Å²) in [6, 6.07) is 15.0. The Kier molecular flexibility index (Phi) is 5.94. The molecule has 2 aromatic carbocycles. The predicted octanol–water partition coefficient (Wildman–Crippen LogP) is 4.18. The van der Waals surface area contributed by atoms with E-state index < -0.39 is 5.41 Å². The molecule has 0 aliphatic carbocycles. The molecular weight excluding hydrogens is 353 g/mol. The fourth-order valence-electron chi connectivity index (χ4n) is 3.97. The van der Waals surface area contributed by atoms with E-state index in [0.717, 1.165) is 30.5 Å². The van der Waals surface area contributed by atoms with Gasteiger partial charge in [0, 0.05) is 6.92 Å². The van der Waals surface area contributed by atoms with Crippen molar-refractivity contribution in [3.8, 4) is 0 Å². The summed E-state index contributed by atoms with van der Waals surface area (Å²) in [5.41, 5.74) is 2.40. The summed E-state index contributed by atoms with van der Waals surface area (Å²) in [7, 11) is 4.08. The summed E-state index contributed by atoms with van der Waals surface area (Å²) in [6.07, 6.45) is 1.69. The number of carbonyl (C=O) groups excluding carboxylic acids is 1. The van der Waals surface area contributed by atoms with Gasteiger partial charge in [-0.3, -0.25) is 9.80 Å². The van der Waals surface area contributed by atoms with Crippen LogP contribution >= 0.6 is 0 Å². The maximum Gasteiger partial charge on any atom is 0.176 e. The van der Waals surface area contributed by atoms with Gasteiger partial charge in [-0.25, -0.2) is 4.39 Å². The second-order valence-corrected chi connectivity index (χ2v) is 7.87. The lowest BCUT2D eigenvalue weighted by Gasteiger charge is -2.31. The Morgan fingerprint density at radius 1 is 1.21 bits per heavy atom. The Morgan fingerprint density at radius 3 is 2.57 bits per heavy atom. The number of hydrogen-bond donors (Lipinski definition) is 0. The van der Waals surface area contributed by atoms with Crippen LogP contribution in [-0.2, 0) is 10.2 Å². The second kappa shape index (κ2) is 8.23. The second-order valence-electron chi connectivity index (χ2n) is 7.87. The number of Topliss-reactive ketones (excluding diaryl/α,β-unsaturated/α-hetero) is 1. The maximum atomic E-state index is 14.6. The minimum atomic E-state index is -0.542. The number of halogens is 1. The van der Waals surface area contributed by atoms with E-state index in [2.05, 4.69) is 10.0 Å². The molecule has 0 aromatic heterocycles. The molecule has 1 aliphatic rings. The summed E-state index contributed by atoms with van der Waals surface area (Å²) in [5.74, 6) is -0.390. The zero-order valence-corrected chi connectivity index (χ0v) is 17.1. The summed E-state index contributed by atoms with van der Waals surface area (Å²) < 4.78 is 14.6. The van der Waals surface area contributed by atoms with Crippen LogP contribution in [0.1, 0.15) is 30.9 Å². The molecule has 28 heavy (non-hydrogen) atoms. The maximum absolute atomic E-state index is 14.6. The molecule has 0 fully saturated rings. The Balaban J connectivity index is 2.06. The highest BCUT2D eigenvalue weighted by Gasteiger charge is 2.46. The first-order valence-electron chi connectivity index (χ1n) is 9.67. The predicted molar refractivity (Wildman–Crippen MR) is 113 cm³/mol. The van der Waals surface area contributed by atoms with Gasteiger partial charge in [0.05, 0.1) is 17.6 Å². The number of hydrogen-bond acceptors (Lipinski definition) is 4. The van der Waals surface area contributed by atoms with Crippen molar-refractivity contribution in [2.24, 2.45) is 5.10 Å². The van der Waals surface area contributed by atoms with Gasteiger partial charge in [-0.05, 0) is 63.7 Å². The largest absolute Gasteiger partial charge is 0.309 e. The van der Waals surface area contributed by atoms with Gasteiger partial charge in [-0.1, -0.05) is 36.4 Å². The number of nitrogens with zero attached hydrogens (tertiary/aromatic N) is 3. The number of benzene rings is 2.